The van der Waals surface area contributed by atoms with Crippen LogP contribution in [0.5, 0.6) is 5.88 Å². The first-order valence-electron chi connectivity index (χ1n) is 9.73. The number of ether oxygens (including phenoxy) is 2. The van der Waals surface area contributed by atoms with Gasteiger partial charge in [-0.25, -0.2) is 14.2 Å². The number of likely N-dealkylation sites (tertiary alicyclic amines) is 1. The zero-order valence-corrected chi connectivity index (χ0v) is 16.7. The average Bonchev–Trinajstić information content (AvgIpc) is 3.25. The minimum Gasteiger partial charge on any atom is -0.475 e. The number of nitrogens with zero attached hydrogens (tertiary/aromatic N) is 2. The molecule has 2 saturated heterocycles. The van der Waals surface area contributed by atoms with Crippen molar-refractivity contribution in [3.63, 3.8) is 0 Å². The molecule has 32 heavy (non-hydrogen) atoms. The summed E-state index contributed by atoms with van der Waals surface area (Å²) in [6, 6.07) is 11.2. The SMILES string of the molecule is O=C(O)C(F)(F)F.O=C(c1ccc(F)cc1)N1CC[C@@H](Oc2ccccn2)[C@H]2OCC[C@@H]21. The van der Waals surface area contributed by atoms with Crippen molar-refractivity contribution < 1.29 is 41.7 Å². The Morgan fingerprint density at radius 1 is 1.12 bits per heavy atom. The lowest BCUT2D eigenvalue weighted by Crippen LogP contribution is -2.56. The number of carbonyl (C=O) groups is 2. The van der Waals surface area contributed by atoms with Gasteiger partial charge in [0.2, 0.25) is 5.88 Å². The van der Waals surface area contributed by atoms with Crippen LogP contribution in [0.2, 0.25) is 0 Å². The lowest BCUT2D eigenvalue weighted by molar-refractivity contribution is -0.192. The van der Waals surface area contributed by atoms with Gasteiger partial charge >= 0.3 is 12.1 Å². The first-order valence-corrected chi connectivity index (χ1v) is 9.73. The van der Waals surface area contributed by atoms with E-state index < -0.39 is 12.1 Å². The van der Waals surface area contributed by atoms with E-state index in [9.17, 15) is 22.4 Å². The molecule has 2 fully saturated rings. The molecule has 0 aliphatic carbocycles. The number of benzene rings is 1. The zero-order chi connectivity index (χ0) is 23.3. The van der Waals surface area contributed by atoms with Crippen LogP contribution < -0.4 is 4.74 Å². The highest BCUT2D eigenvalue weighted by atomic mass is 19.4. The number of carboxylic acids is 1. The maximum Gasteiger partial charge on any atom is 0.490 e. The summed E-state index contributed by atoms with van der Waals surface area (Å²) in [5, 5.41) is 7.12. The number of rotatable bonds is 3. The summed E-state index contributed by atoms with van der Waals surface area (Å²) < 4.78 is 56.7. The predicted molar refractivity (Wildman–Crippen MR) is 103 cm³/mol. The molecule has 1 aromatic heterocycles. The molecule has 0 radical (unpaired) electrons. The number of hydrogen-bond donors (Lipinski definition) is 1. The summed E-state index contributed by atoms with van der Waals surface area (Å²) in [5.74, 6) is -2.62. The van der Waals surface area contributed by atoms with Crippen LogP contribution in [0, 0.1) is 5.82 Å². The van der Waals surface area contributed by atoms with Gasteiger partial charge in [0.05, 0.1) is 6.04 Å². The summed E-state index contributed by atoms with van der Waals surface area (Å²) in [7, 11) is 0. The molecule has 172 valence electrons. The van der Waals surface area contributed by atoms with Crippen molar-refractivity contribution in [3.05, 3.63) is 60.0 Å². The van der Waals surface area contributed by atoms with Gasteiger partial charge in [0, 0.05) is 37.4 Å². The highest BCUT2D eigenvalue weighted by Crippen LogP contribution is 2.32. The number of pyridine rings is 1. The quantitative estimate of drug-likeness (QED) is 0.713. The molecular formula is C21H20F4N2O5. The monoisotopic (exact) mass is 456 g/mol. The van der Waals surface area contributed by atoms with E-state index in [1.54, 1.807) is 6.20 Å². The van der Waals surface area contributed by atoms with Gasteiger partial charge in [0.15, 0.2) is 0 Å². The van der Waals surface area contributed by atoms with Gasteiger partial charge in [-0.2, -0.15) is 13.2 Å². The number of aromatic nitrogens is 1. The van der Waals surface area contributed by atoms with Crippen molar-refractivity contribution in [2.24, 2.45) is 0 Å². The third kappa shape index (κ3) is 5.72. The molecule has 0 unspecified atom stereocenters. The van der Waals surface area contributed by atoms with Crippen LogP contribution in [0.15, 0.2) is 48.7 Å². The number of aliphatic carboxylic acids is 1. The molecule has 3 atom stereocenters. The van der Waals surface area contributed by atoms with Gasteiger partial charge in [0.25, 0.3) is 5.91 Å². The Labute approximate surface area is 180 Å². The second-order valence-corrected chi connectivity index (χ2v) is 7.11. The molecule has 2 aliphatic rings. The van der Waals surface area contributed by atoms with Crippen LogP contribution >= 0.6 is 0 Å². The molecule has 3 heterocycles. The third-order valence-corrected chi connectivity index (χ3v) is 5.03. The summed E-state index contributed by atoms with van der Waals surface area (Å²) in [6.07, 6.45) is -2.24. The van der Waals surface area contributed by atoms with E-state index in [4.69, 9.17) is 19.4 Å². The maximum absolute atomic E-state index is 13.1. The Balaban J connectivity index is 0.000000360. The number of amides is 1. The fourth-order valence-corrected chi connectivity index (χ4v) is 3.59. The van der Waals surface area contributed by atoms with E-state index in [-0.39, 0.29) is 30.0 Å². The van der Waals surface area contributed by atoms with E-state index in [0.29, 0.717) is 31.0 Å². The molecule has 2 aliphatic heterocycles. The molecule has 0 spiro atoms. The Morgan fingerprint density at radius 3 is 2.41 bits per heavy atom. The molecule has 1 N–H and O–H groups in total. The van der Waals surface area contributed by atoms with Crippen molar-refractivity contribution >= 4 is 11.9 Å². The maximum atomic E-state index is 13.1. The van der Waals surface area contributed by atoms with E-state index in [1.165, 1.54) is 24.3 Å². The molecule has 0 bridgehead atoms. The fourth-order valence-electron chi connectivity index (χ4n) is 3.59. The Morgan fingerprint density at radius 2 is 1.81 bits per heavy atom. The van der Waals surface area contributed by atoms with Crippen LogP contribution in [-0.2, 0) is 9.53 Å². The molecule has 11 heteroatoms. The van der Waals surface area contributed by atoms with E-state index in [2.05, 4.69) is 4.98 Å². The van der Waals surface area contributed by atoms with E-state index >= 15 is 0 Å². The minimum atomic E-state index is -5.08. The van der Waals surface area contributed by atoms with Crippen LogP contribution in [0.1, 0.15) is 23.2 Å². The van der Waals surface area contributed by atoms with E-state index in [1.807, 2.05) is 23.1 Å². The number of carboxylic acid groups (broad SMARTS) is 1. The van der Waals surface area contributed by atoms with Gasteiger partial charge in [-0.05, 0) is 36.8 Å². The largest absolute Gasteiger partial charge is 0.490 e. The number of fused-ring (bicyclic) bond motifs is 1. The summed E-state index contributed by atoms with van der Waals surface area (Å²) in [4.78, 5) is 27.7. The summed E-state index contributed by atoms with van der Waals surface area (Å²) >= 11 is 0. The van der Waals surface area contributed by atoms with Gasteiger partial charge in [-0.3, -0.25) is 4.79 Å². The summed E-state index contributed by atoms with van der Waals surface area (Å²) in [5.41, 5.74) is 0.496. The van der Waals surface area contributed by atoms with Crippen molar-refractivity contribution in [2.45, 2.75) is 37.3 Å². The number of piperidine rings is 1. The predicted octanol–water partition coefficient (Wildman–Crippen LogP) is 3.31. The number of alkyl halides is 3. The molecular weight excluding hydrogens is 436 g/mol. The highest BCUT2D eigenvalue weighted by Gasteiger charge is 2.45. The summed E-state index contributed by atoms with van der Waals surface area (Å²) in [6.45, 7) is 1.18. The first-order chi connectivity index (χ1) is 15.2. The molecule has 0 saturated carbocycles. The van der Waals surface area contributed by atoms with Gasteiger partial charge < -0.3 is 19.5 Å². The normalized spacial score (nSPS) is 22.4. The Kier molecular flexibility index (Phi) is 7.29. The lowest BCUT2D eigenvalue weighted by atomic mass is 9.94. The second-order valence-electron chi connectivity index (χ2n) is 7.11. The van der Waals surface area contributed by atoms with Crippen molar-refractivity contribution in [3.8, 4) is 5.88 Å². The first kappa shape index (κ1) is 23.5. The lowest BCUT2D eigenvalue weighted by Gasteiger charge is -2.40. The molecule has 1 amide bonds. The minimum absolute atomic E-state index is 0.0278. The van der Waals surface area contributed by atoms with Gasteiger partial charge in [-0.15, -0.1) is 0 Å². The van der Waals surface area contributed by atoms with Crippen molar-refractivity contribution in [2.75, 3.05) is 13.2 Å². The molecule has 1 aromatic carbocycles. The van der Waals surface area contributed by atoms with Crippen LogP contribution in [0.4, 0.5) is 17.6 Å². The van der Waals surface area contributed by atoms with Crippen molar-refractivity contribution in [1.29, 1.82) is 0 Å². The average molecular weight is 456 g/mol. The van der Waals surface area contributed by atoms with Gasteiger partial charge in [-0.1, -0.05) is 6.07 Å². The van der Waals surface area contributed by atoms with Gasteiger partial charge in [0.1, 0.15) is 18.0 Å². The van der Waals surface area contributed by atoms with Crippen LogP contribution in [0.25, 0.3) is 0 Å². The zero-order valence-electron chi connectivity index (χ0n) is 16.7. The highest BCUT2D eigenvalue weighted by molar-refractivity contribution is 5.94. The van der Waals surface area contributed by atoms with Crippen LogP contribution in [-0.4, -0.2) is 64.4 Å². The Bertz CT molecular complexity index is 924. The number of hydrogen-bond acceptors (Lipinski definition) is 5. The standard InChI is InChI=1S/C19H19FN2O3.C2HF3O2/c20-14-6-4-13(5-7-14)19(23)22-11-8-16(18-15(22)9-12-24-18)25-17-3-1-2-10-21-17;3-2(4,5)1(6)7/h1-7,10,15-16,18H,8-9,11-12H2;(H,6,7)/t15-,16+,18-;/m0./s1. The second kappa shape index (κ2) is 9.94. The topological polar surface area (TPSA) is 89.0 Å². The van der Waals surface area contributed by atoms with Crippen LogP contribution in [0.3, 0.4) is 0 Å². The third-order valence-electron chi connectivity index (χ3n) is 5.03. The number of halogens is 4. The number of carbonyl (C=O) groups excluding carboxylic acids is 1. The van der Waals surface area contributed by atoms with E-state index in [0.717, 1.165) is 6.42 Å². The fraction of sp³-hybridized carbons (Fsp3) is 0.381. The molecule has 4 rings (SSSR count). The van der Waals surface area contributed by atoms with Crippen molar-refractivity contribution in [1.82, 2.24) is 9.88 Å². The molecule has 2 aromatic rings. The smallest absolute Gasteiger partial charge is 0.475 e. The molecule has 7 nitrogen and oxygen atoms in total. The Hall–Kier alpha value is -3.21.